The second-order valence-electron chi connectivity index (χ2n) is 9.24. The molecular formula is C26H29Cl2N3O6S. The summed E-state index contributed by atoms with van der Waals surface area (Å²) in [5.41, 5.74) is 1.24. The molecule has 0 radical (unpaired) electrons. The smallest absolute Gasteiger partial charge is 0.326 e. The van der Waals surface area contributed by atoms with Gasteiger partial charge in [-0.15, -0.1) is 0 Å². The van der Waals surface area contributed by atoms with Gasteiger partial charge in [0.25, 0.3) is 15.9 Å². The van der Waals surface area contributed by atoms with Gasteiger partial charge in [-0.1, -0.05) is 36.5 Å². The first-order valence-electron chi connectivity index (χ1n) is 12.2. The number of aryl methyl sites for hydroxylation is 1. The third kappa shape index (κ3) is 5.93. The molecule has 3 aromatic rings. The molecule has 1 atom stereocenters. The maximum absolute atomic E-state index is 13.8. The molecule has 1 aromatic heterocycles. The molecule has 2 aromatic carbocycles. The summed E-state index contributed by atoms with van der Waals surface area (Å²) in [5.74, 6) is -0.914. The number of hydrogen-bond acceptors (Lipinski definition) is 6. The lowest BCUT2D eigenvalue weighted by Gasteiger charge is -2.24. The molecule has 0 saturated carbocycles. The summed E-state index contributed by atoms with van der Waals surface area (Å²) in [4.78, 5) is 27.2. The molecule has 1 aliphatic rings. The summed E-state index contributed by atoms with van der Waals surface area (Å²) in [6.45, 7) is 2.29. The number of sulfonamides is 1. The summed E-state index contributed by atoms with van der Waals surface area (Å²) in [6, 6.07) is 8.75. The Morgan fingerprint density at radius 3 is 2.50 bits per heavy atom. The number of β-amino-alcohol motifs (C(OH)–C–C–N with tert-alkyl or cyclic N) is 1. The van der Waals surface area contributed by atoms with Gasteiger partial charge in [-0.25, -0.2) is 8.42 Å². The van der Waals surface area contributed by atoms with Crippen LogP contribution in [0.2, 0.25) is 10.0 Å². The van der Waals surface area contributed by atoms with E-state index in [1.807, 2.05) is 6.92 Å². The van der Waals surface area contributed by atoms with Gasteiger partial charge >= 0.3 is 5.97 Å². The molecule has 0 aliphatic carbocycles. The van der Waals surface area contributed by atoms with Crippen LogP contribution in [0.1, 0.15) is 36.5 Å². The number of likely N-dealkylation sites (tertiary alicyclic amines) is 1. The Kier molecular flexibility index (Phi) is 8.56. The molecule has 1 unspecified atom stereocenters. The number of carbonyl (C=O) groups is 2. The van der Waals surface area contributed by atoms with Gasteiger partial charge in [0.2, 0.25) is 0 Å². The van der Waals surface area contributed by atoms with Crippen molar-refractivity contribution in [3.63, 3.8) is 0 Å². The van der Waals surface area contributed by atoms with Crippen LogP contribution >= 0.6 is 23.2 Å². The normalized spacial score (nSPS) is 15.7. The largest absolute Gasteiger partial charge is 0.464 e. The Morgan fingerprint density at radius 1 is 1.16 bits per heavy atom. The molecule has 0 spiro atoms. The molecule has 4 rings (SSSR count). The molecule has 1 saturated heterocycles. The van der Waals surface area contributed by atoms with Crippen molar-refractivity contribution < 1.29 is 27.9 Å². The minimum atomic E-state index is -4.28. The number of aromatic nitrogens is 1. The summed E-state index contributed by atoms with van der Waals surface area (Å²) in [6.07, 6.45) is 3.13. The van der Waals surface area contributed by atoms with E-state index < -0.39 is 28.6 Å². The number of carbonyl (C=O) groups excluding carboxylic acids is 2. The SMILES string of the molecule is CCCCOC(=O)CN(c1ccc2c(C(=O)N3CCC(O)C3)cn(C)c2c1)S(=O)(=O)c1cc(Cl)cc(Cl)c1. The minimum absolute atomic E-state index is 0.134. The first-order valence-corrected chi connectivity index (χ1v) is 14.4. The number of hydrogen-bond donors (Lipinski definition) is 1. The lowest BCUT2D eigenvalue weighted by atomic mass is 10.1. The Labute approximate surface area is 231 Å². The average molecular weight is 583 g/mol. The molecule has 12 heteroatoms. The Balaban J connectivity index is 1.75. The topological polar surface area (TPSA) is 109 Å². The third-order valence-corrected chi connectivity index (χ3v) is 8.59. The number of unbranched alkanes of at least 4 members (excludes halogenated alkanes) is 1. The van der Waals surface area contributed by atoms with E-state index in [1.54, 1.807) is 40.9 Å². The fourth-order valence-corrected chi connectivity index (χ4v) is 6.54. The zero-order valence-corrected chi connectivity index (χ0v) is 23.4. The third-order valence-electron chi connectivity index (χ3n) is 6.40. The molecular weight excluding hydrogens is 553 g/mol. The van der Waals surface area contributed by atoms with Crippen LogP contribution in [-0.4, -0.2) is 67.2 Å². The van der Waals surface area contributed by atoms with Crippen LogP contribution in [0.4, 0.5) is 5.69 Å². The molecule has 0 bridgehead atoms. The van der Waals surface area contributed by atoms with E-state index in [2.05, 4.69) is 0 Å². The molecule has 38 heavy (non-hydrogen) atoms. The van der Waals surface area contributed by atoms with Gasteiger partial charge in [-0.05, 0) is 49.2 Å². The van der Waals surface area contributed by atoms with Crippen molar-refractivity contribution in [1.29, 1.82) is 0 Å². The summed E-state index contributed by atoms with van der Waals surface area (Å²) < 4.78 is 35.4. The van der Waals surface area contributed by atoms with E-state index in [4.69, 9.17) is 27.9 Å². The van der Waals surface area contributed by atoms with Crippen molar-refractivity contribution in [2.45, 2.75) is 37.2 Å². The van der Waals surface area contributed by atoms with E-state index in [0.717, 1.165) is 10.7 Å². The molecule has 1 fully saturated rings. The second-order valence-corrected chi connectivity index (χ2v) is 12.0. The van der Waals surface area contributed by atoms with Crippen molar-refractivity contribution in [3.8, 4) is 0 Å². The van der Waals surface area contributed by atoms with Crippen LogP contribution in [-0.2, 0) is 26.6 Å². The number of aliphatic hydroxyl groups is 1. The number of aliphatic hydroxyl groups excluding tert-OH is 1. The highest BCUT2D eigenvalue weighted by molar-refractivity contribution is 7.92. The van der Waals surface area contributed by atoms with Crippen molar-refractivity contribution >= 4 is 61.7 Å². The molecule has 204 valence electrons. The highest BCUT2D eigenvalue weighted by Gasteiger charge is 2.31. The predicted octanol–water partition coefficient (Wildman–Crippen LogP) is 4.23. The minimum Gasteiger partial charge on any atom is -0.464 e. The van der Waals surface area contributed by atoms with Crippen LogP contribution in [0.5, 0.6) is 0 Å². The number of fused-ring (bicyclic) bond motifs is 1. The zero-order chi connectivity index (χ0) is 27.6. The Morgan fingerprint density at radius 2 is 1.87 bits per heavy atom. The number of ether oxygens (including phenoxy) is 1. The summed E-state index contributed by atoms with van der Waals surface area (Å²) >= 11 is 12.2. The van der Waals surface area contributed by atoms with Gasteiger partial charge < -0.3 is 19.3 Å². The lowest BCUT2D eigenvalue weighted by molar-refractivity contribution is -0.141. The molecule has 1 aliphatic heterocycles. The van der Waals surface area contributed by atoms with Crippen LogP contribution in [0, 0.1) is 0 Å². The summed E-state index contributed by atoms with van der Waals surface area (Å²) in [5, 5.41) is 10.7. The number of anilines is 1. The van der Waals surface area contributed by atoms with Gasteiger partial charge in [-0.2, -0.15) is 0 Å². The first kappa shape index (κ1) is 28.2. The first-order chi connectivity index (χ1) is 18.0. The van der Waals surface area contributed by atoms with Crippen LogP contribution in [0.25, 0.3) is 10.9 Å². The average Bonchev–Trinajstić information content (AvgIpc) is 3.44. The zero-order valence-electron chi connectivity index (χ0n) is 21.1. The predicted molar refractivity (Wildman–Crippen MR) is 146 cm³/mol. The quantitative estimate of drug-likeness (QED) is 0.299. The standard InChI is InChI=1S/C26H29Cl2N3O6S/c1-3-4-9-37-25(33)16-31(38(35,36)21-11-17(27)10-18(28)12-21)19-5-6-22-23(15-29(2)24(22)13-19)26(34)30-8-7-20(32)14-30/h5-6,10-13,15,20,32H,3-4,7-9,14,16H2,1-2H3. The molecule has 1 N–H and O–H groups in total. The van der Waals surface area contributed by atoms with E-state index in [9.17, 15) is 23.1 Å². The number of amides is 1. The van der Waals surface area contributed by atoms with E-state index in [0.29, 0.717) is 35.9 Å². The highest BCUT2D eigenvalue weighted by atomic mass is 35.5. The summed E-state index contributed by atoms with van der Waals surface area (Å²) in [7, 11) is -2.54. The maximum atomic E-state index is 13.8. The van der Waals surface area contributed by atoms with Crippen LogP contribution in [0.3, 0.4) is 0 Å². The fourth-order valence-electron chi connectivity index (χ4n) is 4.41. The van der Waals surface area contributed by atoms with E-state index in [1.165, 1.54) is 18.2 Å². The highest BCUT2D eigenvalue weighted by Crippen LogP contribution is 2.32. The number of nitrogens with zero attached hydrogens (tertiary/aromatic N) is 3. The number of halogens is 2. The van der Waals surface area contributed by atoms with Gasteiger partial charge in [0.15, 0.2) is 0 Å². The van der Waals surface area contributed by atoms with Crippen molar-refractivity contribution in [2.24, 2.45) is 7.05 Å². The monoisotopic (exact) mass is 581 g/mol. The lowest BCUT2D eigenvalue weighted by Crippen LogP contribution is -2.36. The fraction of sp³-hybridized carbons (Fsp3) is 0.385. The van der Waals surface area contributed by atoms with Gasteiger partial charge in [0.1, 0.15) is 6.54 Å². The Bertz CT molecular complexity index is 1450. The van der Waals surface area contributed by atoms with Gasteiger partial charge in [-0.3, -0.25) is 13.9 Å². The van der Waals surface area contributed by atoms with Gasteiger partial charge in [0.05, 0.1) is 34.4 Å². The van der Waals surface area contributed by atoms with Crippen LogP contribution < -0.4 is 4.31 Å². The van der Waals surface area contributed by atoms with Crippen molar-refractivity contribution in [2.75, 3.05) is 30.5 Å². The van der Waals surface area contributed by atoms with Crippen molar-refractivity contribution in [3.05, 3.63) is 58.2 Å². The number of esters is 1. The van der Waals surface area contributed by atoms with Crippen LogP contribution in [0.15, 0.2) is 47.5 Å². The number of benzene rings is 2. The maximum Gasteiger partial charge on any atom is 0.326 e. The van der Waals surface area contributed by atoms with E-state index in [-0.39, 0.29) is 39.7 Å². The molecule has 1 amide bonds. The Hall–Kier alpha value is -2.79. The van der Waals surface area contributed by atoms with Gasteiger partial charge in [0, 0.05) is 41.8 Å². The van der Waals surface area contributed by atoms with E-state index >= 15 is 0 Å². The molecule has 2 heterocycles. The second kappa shape index (κ2) is 11.5. The van der Waals surface area contributed by atoms with Crippen molar-refractivity contribution in [1.82, 2.24) is 9.47 Å². The molecule has 9 nitrogen and oxygen atoms in total. The number of rotatable bonds is 9.